The van der Waals surface area contributed by atoms with E-state index in [0.29, 0.717) is 16.9 Å². The van der Waals surface area contributed by atoms with Gasteiger partial charge in [0.2, 0.25) is 0 Å². The van der Waals surface area contributed by atoms with Crippen LogP contribution in [0.15, 0.2) is 24.4 Å². The van der Waals surface area contributed by atoms with Crippen molar-refractivity contribution >= 4 is 12.2 Å². The first kappa shape index (κ1) is 12.2. The van der Waals surface area contributed by atoms with Crippen molar-refractivity contribution in [3.63, 3.8) is 0 Å². The van der Waals surface area contributed by atoms with Gasteiger partial charge in [-0.3, -0.25) is 0 Å². The summed E-state index contributed by atoms with van der Waals surface area (Å²) in [7, 11) is 1.47. The van der Waals surface area contributed by atoms with Gasteiger partial charge in [0.1, 0.15) is 5.75 Å². The van der Waals surface area contributed by atoms with E-state index in [4.69, 9.17) is 22.2 Å². The predicted molar refractivity (Wildman–Crippen MR) is 66.1 cm³/mol. The van der Waals surface area contributed by atoms with E-state index in [1.54, 1.807) is 12.1 Å². The van der Waals surface area contributed by atoms with Crippen LogP contribution in [-0.2, 0) is 0 Å². The molecule has 0 bridgehead atoms. The van der Waals surface area contributed by atoms with Crippen LogP contribution in [0.4, 0.5) is 4.39 Å². The summed E-state index contributed by atoms with van der Waals surface area (Å²) in [6.07, 6.45) is 1.03. The third-order valence-electron chi connectivity index (χ3n) is 2.36. The number of aromatic nitrogens is 2. The molecule has 1 aromatic heterocycles. The Labute approximate surface area is 108 Å². The Hall–Kier alpha value is -2.26. The molecule has 2 aromatic rings. The van der Waals surface area contributed by atoms with Gasteiger partial charge >= 0.3 is 0 Å². The second-order valence-corrected chi connectivity index (χ2v) is 3.82. The Balaban J connectivity index is 2.73. The number of rotatable bonds is 2. The zero-order valence-corrected chi connectivity index (χ0v) is 10.2. The normalized spacial score (nSPS) is 9.83. The minimum atomic E-state index is -0.558. The van der Waals surface area contributed by atoms with E-state index < -0.39 is 5.82 Å². The minimum absolute atomic E-state index is 0.156. The number of hydrogen-bond donors (Lipinski definition) is 1. The number of ether oxygens (including phenoxy) is 1. The van der Waals surface area contributed by atoms with Crippen molar-refractivity contribution in [2.45, 2.75) is 0 Å². The SMILES string of the molecule is COc1ccc(C#N)cc1-c1[nH]c(=S)ncc1F. The van der Waals surface area contributed by atoms with E-state index in [-0.39, 0.29) is 10.5 Å². The van der Waals surface area contributed by atoms with Gasteiger partial charge in [0.15, 0.2) is 10.6 Å². The fourth-order valence-corrected chi connectivity index (χ4v) is 1.70. The summed E-state index contributed by atoms with van der Waals surface area (Å²) >= 11 is 4.86. The molecular formula is C12H8FN3OS. The van der Waals surface area contributed by atoms with Crippen LogP contribution in [0.3, 0.4) is 0 Å². The van der Waals surface area contributed by atoms with Crippen LogP contribution in [-0.4, -0.2) is 17.1 Å². The zero-order valence-electron chi connectivity index (χ0n) is 9.40. The lowest BCUT2D eigenvalue weighted by molar-refractivity contribution is 0.416. The lowest BCUT2D eigenvalue weighted by atomic mass is 10.1. The Kier molecular flexibility index (Phi) is 3.35. The lowest BCUT2D eigenvalue weighted by Gasteiger charge is -2.09. The minimum Gasteiger partial charge on any atom is -0.496 e. The molecule has 0 saturated carbocycles. The number of hydrogen-bond acceptors (Lipinski definition) is 4. The van der Waals surface area contributed by atoms with E-state index in [9.17, 15) is 4.39 Å². The van der Waals surface area contributed by atoms with Crippen LogP contribution in [0.5, 0.6) is 5.75 Å². The number of benzene rings is 1. The molecule has 4 nitrogen and oxygen atoms in total. The Morgan fingerprint density at radius 2 is 2.28 bits per heavy atom. The molecule has 0 atom stereocenters. The van der Waals surface area contributed by atoms with E-state index in [1.807, 2.05) is 6.07 Å². The van der Waals surface area contributed by atoms with Gasteiger partial charge in [-0.25, -0.2) is 9.37 Å². The van der Waals surface area contributed by atoms with Gasteiger partial charge in [-0.05, 0) is 30.4 Å². The maximum atomic E-state index is 13.7. The Bertz CT molecular complexity index is 690. The molecule has 0 aliphatic rings. The van der Waals surface area contributed by atoms with Crippen molar-refractivity contribution in [2.24, 2.45) is 0 Å². The zero-order chi connectivity index (χ0) is 13.1. The molecule has 0 aliphatic carbocycles. The molecule has 90 valence electrons. The Morgan fingerprint density at radius 1 is 1.50 bits per heavy atom. The highest BCUT2D eigenvalue weighted by molar-refractivity contribution is 7.71. The summed E-state index contributed by atoms with van der Waals surface area (Å²) in [6, 6.07) is 6.71. The summed E-state index contributed by atoms with van der Waals surface area (Å²) in [4.78, 5) is 6.30. The van der Waals surface area contributed by atoms with E-state index in [0.717, 1.165) is 6.20 Å². The first-order valence-corrected chi connectivity index (χ1v) is 5.40. The molecule has 0 fully saturated rings. The maximum Gasteiger partial charge on any atom is 0.197 e. The fourth-order valence-electron chi connectivity index (χ4n) is 1.55. The van der Waals surface area contributed by atoms with Crippen LogP contribution in [0, 0.1) is 21.9 Å². The summed E-state index contributed by atoms with van der Waals surface area (Å²) in [5, 5.41) is 8.87. The molecule has 0 unspecified atom stereocenters. The molecule has 6 heteroatoms. The number of methoxy groups -OCH3 is 1. The average Bonchev–Trinajstić information content (AvgIpc) is 2.40. The van der Waals surface area contributed by atoms with Crippen LogP contribution in [0.2, 0.25) is 0 Å². The number of nitriles is 1. The van der Waals surface area contributed by atoms with Crippen LogP contribution >= 0.6 is 12.2 Å². The molecule has 1 N–H and O–H groups in total. The van der Waals surface area contributed by atoms with Crippen molar-refractivity contribution < 1.29 is 9.13 Å². The van der Waals surface area contributed by atoms with Crippen LogP contribution in [0.25, 0.3) is 11.3 Å². The maximum absolute atomic E-state index is 13.7. The number of aromatic amines is 1. The Morgan fingerprint density at radius 3 is 2.94 bits per heavy atom. The van der Waals surface area contributed by atoms with Crippen molar-refractivity contribution in [1.82, 2.24) is 9.97 Å². The highest BCUT2D eigenvalue weighted by Gasteiger charge is 2.12. The van der Waals surface area contributed by atoms with Crippen LogP contribution < -0.4 is 4.74 Å². The quantitative estimate of drug-likeness (QED) is 0.844. The molecule has 0 saturated heterocycles. The van der Waals surface area contributed by atoms with Crippen molar-refractivity contribution in [3.05, 3.63) is 40.5 Å². The second-order valence-electron chi connectivity index (χ2n) is 3.44. The fraction of sp³-hybridized carbons (Fsp3) is 0.0833. The molecule has 1 aromatic carbocycles. The number of nitrogens with zero attached hydrogens (tertiary/aromatic N) is 2. The monoisotopic (exact) mass is 261 g/mol. The smallest absolute Gasteiger partial charge is 0.197 e. The van der Waals surface area contributed by atoms with Gasteiger partial charge in [-0.1, -0.05) is 0 Å². The van der Waals surface area contributed by atoms with Crippen molar-refractivity contribution in [3.8, 4) is 23.1 Å². The van der Waals surface area contributed by atoms with Gasteiger partial charge in [0, 0.05) is 5.56 Å². The van der Waals surface area contributed by atoms with E-state index in [2.05, 4.69) is 9.97 Å². The second kappa shape index (κ2) is 4.94. The predicted octanol–water partition coefficient (Wildman–Crippen LogP) is 2.83. The number of H-pyrrole nitrogens is 1. The molecule has 0 radical (unpaired) electrons. The number of halogens is 1. The molecule has 0 aliphatic heterocycles. The van der Waals surface area contributed by atoms with Gasteiger partial charge in [-0.2, -0.15) is 5.26 Å². The molecule has 2 rings (SSSR count). The van der Waals surface area contributed by atoms with Gasteiger partial charge in [-0.15, -0.1) is 0 Å². The molecule has 0 spiro atoms. The van der Waals surface area contributed by atoms with E-state index >= 15 is 0 Å². The highest BCUT2D eigenvalue weighted by atomic mass is 32.1. The third kappa shape index (κ3) is 2.21. The summed E-state index contributed by atoms with van der Waals surface area (Å²) < 4.78 is 19.0. The molecule has 0 amide bonds. The van der Waals surface area contributed by atoms with Crippen molar-refractivity contribution in [2.75, 3.05) is 7.11 Å². The summed E-state index contributed by atoms with van der Waals surface area (Å²) in [5.74, 6) is -0.110. The largest absolute Gasteiger partial charge is 0.496 e. The molecular weight excluding hydrogens is 253 g/mol. The van der Waals surface area contributed by atoms with Crippen LogP contribution in [0.1, 0.15) is 5.56 Å². The van der Waals surface area contributed by atoms with Crippen molar-refractivity contribution in [1.29, 1.82) is 5.26 Å². The topological polar surface area (TPSA) is 61.7 Å². The molecule has 18 heavy (non-hydrogen) atoms. The summed E-state index contributed by atoms with van der Waals surface area (Å²) in [6.45, 7) is 0. The molecule has 1 heterocycles. The number of nitrogens with one attached hydrogen (secondary N) is 1. The van der Waals surface area contributed by atoms with Gasteiger partial charge in [0.25, 0.3) is 0 Å². The first-order valence-electron chi connectivity index (χ1n) is 4.99. The van der Waals surface area contributed by atoms with Gasteiger partial charge < -0.3 is 9.72 Å². The lowest BCUT2D eigenvalue weighted by Crippen LogP contribution is -1.96. The summed E-state index contributed by atoms with van der Waals surface area (Å²) in [5.41, 5.74) is 0.993. The van der Waals surface area contributed by atoms with Gasteiger partial charge in [0.05, 0.1) is 30.6 Å². The highest BCUT2D eigenvalue weighted by Crippen LogP contribution is 2.30. The van der Waals surface area contributed by atoms with E-state index in [1.165, 1.54) is 13.2 Å². The average molecular weight is 261 g/mol. The standard InChI is InChI=1S/C12H8FN3OS/c1-17-10-3-2-7(5-14)4-8(10)11-9(13)6-15-12(18)16-11/h2-4,6H,1H3,(H,15,16,18). The third-order valence-corrected chi connectivity index (χ3v) is 2.57. The first-order chi connectivity index (χ1) is 8.65.